The lowest BCUT2D eigenvalue weighted by Gasteiger charge is -2.37. The number of rotatable bonds is 10. The summed E-state index contributed by atoms with van der Waals surface area (Å²) in [6.07, 6.45) is 1.60. The third-order valence-electron chi connectivity index (χ3n) is 8.19. The molecule has 8 nitrogen and oxygen atoms in total. The van der Waals surface area contributed by atoms with Gasteiger partial charge in [-0.1, -0.05) is 33.8 Å². The smallest absolute Gasteiger partial charge is 0.261 e. The average Bonchev–Trinajstić information content (AvgIpc) is 3.04. The molecule has 3 N–H and O–H groups in total. The zero-order valence-corrected chi connectivity index (χ0v) is 27.4. The number of pyridine rings is 1. The van der Waals surface area contributed by atoms with Crippen molar-refractivity contribution in [2.45, 2.75) is 59.3 Å². The van der Waals surface area contributed by atoms with E-state index in [4.69, 9.17) is 4.43 Å². The van der Waals surface area contributed by atoms with Gasteiger partial charge < -0.3 is 25.3 Å². The lowest BCUT2D eigenvalue weighted by atomic mass is 10.1. The van der Waals surface area contributed by atoms with Crippen LogP contribution in [0.25, 0.3) is 0 Å². The van der Waals surface area contributed by atoms with Gasteiger partial charge in [0.15, 0.2) is 0 Å². The summed E-state index contributed by atoms with van der Waals surface area (Å²) in [4.78, 5) is 22.6. The summed E-state index contributed by atoms with van der Waals surface area (Å²) >= 11 is 0. The van der Waals surface area contributed by atoms with Crippen LogP contribution >= 0.6 is 0 Å². The summed E-state index contributed by atoms with van der Waals surface area (Å²) < 4.78 is 21.8. The number of nitrogens with zero attached hydrogens (tertiary/aromatic N) is 3. The fourth-order valence-electron chi connectivity index (χ4n) is 4.49. The van der Waals surface area contributed by atoms with E-state index in [0.717, 1.165) is 43.0 Å². The van der Waals surface area contributed by atoms with Crippen molar-refractivity contribution in [3.05, 3.63) is 65.1 Å². The molecule has 4 rings (SSSR count). The SMILES string of the molecule is CCN(CCN(C)C)Cc1ccc2c(c1)NC(=O)c1c(Nc3cc(O[Si](C)(C)C(C)(C)C)c(C)cc3F)ccnc1N2. The Morgan fingerprint density at radius 1 is 1.02 bits per heavy atom. The Morgan fingerprint density at radius 3 is 2.43 bits per heavy atom. The molecule has 0 fully saturated rings. The Morgan fingerprint density at radius 2 is 1.76 bits per heavy atom. The number of benzene rings is 2. The van der Waals surface area contributed by atoms with Gasteiger partial charge in [0.1, 0.15) is 22.9 Å². The van der Waals surface area contributed by atoms with Gasteiger partial charge in [0.2, 0.25) is 8.32 Å². The third-order valence-corrected chi connectivity index (χ3v) is 12.5. The lowest BCUT2D eigenvalue weighted by Crippen LogP contribution is -2.44. The van der Waals surface area contributed by atoms with Crippen LogP contribution in [-0.2, 0) is 6.54 Å². The van der Waals surface area contributed by atoms with Gasteiger partial charge in [0.05, 0.1) is 22.7 Å². The molecular weight excluding hydrogens is 547 g/mol. The number of likely N-dealkylation sites (N-methyl/N-ethyl adjacent to an activating group) is 2. The van der Waals surface area contributed by atoms with E-state index in [9.17, 15) is 4.79 Å². The highest BCUT2D eigenvalue weighted by Crippen LogP contribution is 2.40. The van der Waals surface area contributed by atoms with Gasteiger partial charge in [-0.25, -0.2) is 9.37 Å². The van der Waals surface area contributed by atoms with E-state index in [1.54, 1.807) is 18.3 Å². The van der Waals surface area contributed by atoms with Crippen molar-refractivity contribution in [1.29, 1.82) is 0 Å². The second kappa shape index (κ2) is 12.4. The molecule has 0 unspecified atom stereocenters. The molecule has 1 aliphatic heterocycles. The van der Waals surface area contributed by atoms with Crippen LogP contribution in [0.4, 0.5) is 33.0 Å². The van der Waals surface area contributed by atoms with Crippen LogP contribution in [0.3, 0.4) is 0 Å². The van der Waals surface area contributed by atoms with Crippen LogP contribution in [0.2, 0.25) is 18.1 Å². The molecule has 0 radical (unpaired) electrons. The van der Waals surface area contributed by atoms with Gasteiger partial charge in [-0.05, 0) is 81.1 Å². The van der Waals surface area contributed by atoms with Crippen molar-refractivity contribution < 1.29 is 13.6 Å². The molecule has 0 spiro atoms. The topological polar surface area (TPSA) is 81.8 Å². The number of carbonyl (C=O) groups excluding carboxylic acids is 1. The molecule has 2 heterocycles. The van der Waals surface area contributed by atoms with Crippen molar-refractivity contribution >= 4 is 42.8 Å². The number of halogens is 1. The van der Waals surface area contributed by atoms with E-state index in [1.807, 2.05) is 19.1 Å². The monoisotopic (exact) mass is 592 g/mol. The van der Waals surface area contributed by atoms with Crippen LogP contribution in [0.1, 0.15) is 49.2 Å². The first-order valence-electron chi connectivity index (χ1n) is 14.5. The van der Waals surface area contributed by atoms with Crippen LogP contribution < -0.4 is 20.4 Å². The van der Waals surface area contributed by atoms with E-state index in [1.165, 1.54) is 6.07 Å². The molecule has 0 saturated heterocycles. The molecule has 1 aromatic heterocycles. The van der Waals surface area contributed by atoms with Gasteiger partial charge in [-0.15, -0.1) is 0 Å². The summed E-state index contributed by atoms with van der Waals surface area (Å²) in [6.45, 7) is 18.5. The largest absolute Gasteiger partial charge is 0.543 e. The lowest BCUT2D eigenvalue weighted by molar-refractivity contribution is 0.102. The summed E-state index contributed by atoms with van der Waals surface area (Å²) in [5, 5.41) is 9.50. The molecule has 0 bridgehead atoms. The highest BCUT2D eigenvalue weighted by molar-refractivity contribution is 6.74. The van der Waals surface area contributed by atoms with Crippen LogP contribution in [0.5, 0.6) is 5.75 Å². The maximum Gasteiger partial charge on any atom is 0.261 e. The third kappa shape index (κ3) is 7.11. The molecule has 3 aromatic rings. The molecule has 10 heteroatoms. The minimum absolute atomic E-state index is 0.0104. The van der Waals surface area contributed by atoms with Crippen LogP contribution in [0.15, 0.2) is 42.6 Å². The van der Waals surface area contributed by atoms with E-state index < -0.39 is 14.1 Å². The number of aryl methyl sites for hydroxylation is 1. The second-order valence-corrected chi connectivity index (χ2v) is 17.5. The maximum absolute atomic E-state index is 15.2. The quantitative estimate of drug-likeness (QED) is 0.212. The summed E-state index contributed by atoms with van der Waals surface area (Å²) in [7, 11) is 1.99. The number of fused-ring (bicyclic) bond motifs is 2. The summed E-state index contributed by atoms with van der Waals surface area (Å²) in [5.74, 6) is 0.287. The Hall–Kier alpha value is -3.47. The number of carbonyl (C=O) groups is 1. The Labute approximate surface area is 250 Å². The van der Waals surface area contributed by atoms with Gasteiger partial charge in [0.25, 0.3) is 5.91 Å². The predicted molar refractivity (Wildman–Crippen MR) is 174 cm³/mol. The molecule has 1 amide bonds. The zero-order chi connectivity index (χ0) is 30.8. The van der Waals surface area contributed by atoms with Crippen molar-refractivity contribution in [1.82, 2.24) is 14.8 Å². The second-order valence-electron chi connectivity index (χ2n) is 12.8. The van der Waals surface area contributed by atoms with Gasteiger partial charge in [-0.2, -0.15) is 0 Å². The number of nitrogens with one attached hydrogen (secondary N) is 3. The zero-order valence-electron chi connectivity index (χ0n) is 26.4. The average molecular weight is 593 g/mol. The van der Waals surface area contributed by atoms with Crippen molar-refractivity contribution in [3.63, 3.8) is 0 Å². The molecule has 42 heavy (non-hydrogen) atoms. The van der Waals surface area contributed by atoms with Gasteiger partial charge in [0, 0.05) is 31.9 Å². The van der Waals surface area contributed by atoms with Gasteiger partial charge in [-0.3, -0.25) is 9.69 Å². The minimum Gasteiger partial charge on any atom is -0.543 e. The first-order chi connectivity index (χ1) is 19.7. The van der Waals surface area contributed by atoms with Crippen molar-refractivity contribution in [2.24, 2.45) is 0 Å². The number of hydrogen-bond acceptors (Lipinski definition) is 7. The molecule has 0 aliphatic carbocycles. The highest BCUT2D eigenvalue weighted by atomic mass is 28.4. The molecule has 226 valence electrons. The van der Waals surface area contributed by atoms with Crippen LogP contribution in [-0.4, -0.2) is 62.7 Å². The number of anilines is 5. The molecule has 2 aromatic carbocycles. The van der Waals surface area contributed by atoms with Gasteiger partial charge >= 0.3 is 0 Å². The van der Waals surface area contributed by atoms with E-state index in [0.29, 0.717) is 28.5 Å². The van der Waals surface area contributed by atoms with E-state index in [2.05, 4.69) is 91.7 Å². The normalized spacial score (nSPS) is 13.3. The fourth-order valence-corrected chi connectivity index (χ4v) is 5.56. The Kier molecular flexibility index (Phi) is 9.29. The van der Waals surface area contributed by atoms with Crippen molar-refractivity contribution in [2.75, 3.05) is 49.7 Å². The Balaban J connectivity index is 1.60. The highest BCUT2D eigenvalue weighted by Gasteiger charge is 2.39. The van der Waals surface area contributed by atoms with E-state index >= 15 is 4.39 Å². The first kappa shape index (κ1) is 31.5. The number of amides is 1. The van der Waals surface area contributed by atoms with E-state index in [-0.39, 0.29) is 16.6 Å². The standard InChI is InChI=1S/C32H45FN6O2Si/c1-10-39(16-15-38(6)7)20-22-11-12-24-27(18-22)37-31(40)29-25(13-14-34-30(29)36-24)35-26-19-28(21(2)17-23(26)33)41-42(8,9)32(3,4)5/h11-14,17-19H,10,15-16,20H2,1-9H3,(H,37,40)(H2,34,35,36). The van der Waals surface area contributed by atoms with Crippen LogP contribution in [0, 0.1) is 12.7 Å². The predicted octanol–water partition coefficient (Wildman–Crippen LogP) is 7.35. The first-order valence-corrected chi connectivity index (χ1v) is 17.4. The summed E-state index contributed by atoms with van der Waals surface area (Å²) in [6, 6.07) is 10.9. The molecular formula is C32H45FN6O2Si. The molecule has 0 saturated carbocycles. The maximum atomic E-state index is 15.2. The number of aromatic nitrogens is 1. The Bertz CT molecular complexity index is 1450. The molecule has 1 aliphatic rings. The number of hydrogen-bond donors (Lipinski definition) is 3. The molecule has 0 atom stereocenters. The summed E-state index contributed by atoms with van der Waals surface area (Å²) in [5.41, 5.74) is 4.24. The minimum atomic E-state index is -2.15. The van der Waals surface area contributed by atoms with Crippen molar-refractivity contribution in [3.8, 4) is 5.75 Å². The fraction of sp³-hybridized carbons (Fsp3) is 0.438.